The largest absolute Gasteiger partial charge is 0.534 e. The number of nitrogens with zero attached hydrogens (tertiary/aromatic N) is 1. The van der Waals surface area contributed by atoms with Crippen LogP contribution in [0.1, 0.15) is 76.1 Å². The minimum atomic E-state index is -5.79. The molecule has 0 spiro atoms. The van der Waals surface area contributed by atoms with E-state index in [0.29, 0.717) is 5.69 Å². The van der Waals surface area contributed by atoms with Gasteiger partial charge >= 0.3 is 15.6 Å². The van der Waals surface area contributed by atoms with Crippen molar-refractivity contribution < 1.29 is 30.5 Å². The number of nitrogens with one attached hydrogen (secondary N) is 1. The van der Waals surface area contributed by atoms with Gasteiger partial charge in [0.15, 0.2) is 0 Å². The van der Waals surface area contributed by atoms with Gasteiger partial charge in [-0.05, 0) is 31.1 Å². The lowest BCUT2D eigenvalue weighted by Gasteiger charge is -2.07. The van der Waals surface area contributed by atoms with Gasteiger partial charge in [0.2, 0.25) is 5.90 Å². The average molecular weight is 477 g/mol. The molecule has 0 amide bonds. The van der Waals surface area contributed by atoms with E-state index in [4.69, 9.17) is 4.74 Å². The van der Waals surface area contributed by atoms with Crippen LogP contribution < -0.4 is 0 Å². The van der Waals surface area contributed by atoms with E-state index in [9.17, 15) is 21.6 Å². The summed E-state index contributed by atoms with van der Waals surface area (Å²) < 4.78 is 69.0. The van der Waals surface area contributed by atoms with Crippen LogP contribution >= 0.6 is 0 Å². The minimum Gasteiger partial charge on any atom is -0.494 e. The molecule has 0 aliphatic carbocycles. The van der Waals surface area contributed by atoms with Gasteiger partial charge in [0, 0.05) is 17.5 Å². The van der Waals surface area contributed by atoms with Crippen LogP contribution in [0.5, 0.6) is 0 Å². The van der Waals surface area contributed by atoms with Crippen molar-refractivity contribution in [2.24, 2.45) is 4.99 Å². The van der Waals surface area contributed by atoms with Crippen molar-refractivity contribution >= 4 is 22.1 Å². The zero-order valence-corrected chi connectivity index (χ0v) is 19.3. The number of aryl methyl sites for hydroxylation is 1. The van der Waals surface area contributed by atoms with Crippen LogP contribution in [-0.4, -0.2) is 31.9 Å². The Balaban J connectivity index is 1.86. The predicted octanol–water partition coefficient (Wildman–Crippen LogP) is 6.24. The van der Waals surface area contributed by atoms with Crippen LogP contribution in [0.4, 0.5) is 13.2 Å². The lowest BCUT2D eigenvalue weighted by atomic mass is 10.1. The molecule has 1 aromatic rings. The van der Waals surface area contributed by atoms with Crippen molar-refractivity contribution in [3.05, 3.63) is 41.1 Å². The molecular formula is C22H31F3N2O4S. The molecule has 6 nitrogen and oxygen atoms in total. The highest BCUT2D eigenvalue weighted by atomic mass is 32.2. The number of alkyl halides is 3. The predicted molar refractivity (Wildman–Crippen MR) is 118 cm³/mol. The number of methoxy groups -OCH3 is 1. The Morgan fingerprint density at radius 1 is 1.03 bits per heavy atom. The normalized spacial score (nSPS) is 15.7. The molecule has 0 saturated carbocycles. The van der Waals surface area contributed by atoms with Crippen molar-refractivity contribution in [2.75, 3.05) is 7.11 Å². The molecule has 0 atom stereocenters. The summed E-state index contributed by atoms with van der Waals surface area (Å²) in [5.41, 5.74) is -3.65. The summed E-state index contributed by atoms with van der Waals surface area (Å²) in [6.07, 6.45) is 14.7. The summed E-state index contributed by atoms with van der Waals surface area (Å²) in [5.74, 6) is -0.598. The Morgan fingerprint density at radius 2 is 1.66 bits per heavy atom. The van der Waals surface area contributed by atoms with Gasteiger partial charge < -0.3 is 13.9 Å². The standard InChI is InChI=1S/C22H31F3N2O4S/c1-3-4-5-6-7-8-9-10-11-12-17-13-14-18(26-17)15-19-20(30-2)16-21(27-19)31-32(28,29)22(23,24)25/h13-16,26H,3-12H2,1-2H3. The van der Waals surface area contributed by atoms with Gasteiger partial charge in [-0.1, -0.05) is 58.3 Å². The van der Waals surface area contributed by atoms with Crippen molar-refractivity contribution in [1.29, 1.82) is 0 Å². The molecule has 10 heteroatoms. The van der Waals surface area contributed by atoms with Gasteiger partial charge in [-0.25, -0.2) is 4.99 Å². The highest BCUT2D eigenvalue weighted by molar-refractivity contribution is 7.88. The first-order valence-corrected chi connectivity index (χ1v) is 12.3. The SMILES string of the molecule is CCCCCCCCCCCc1ccc(C=C2N=C(OS(=O)(=O)C(F)(F)F)C=C2OC)[nH]1. The maximum Gasteiger partial charge on any atom is 0.534 e. The third-order valence-electron chi connectivity index (χ3n) is 5.05. The van der Waals surface area contributed by atoms with Gasteiger partial charge in [-0.15, -0.1) is 0 Å². The Hall–Kier alpha value is -2.23. The molecule has 32 heavy (non-hydrogen) atoms. The van der Waals surface area contributed by atoms with E-state index in [1.54, 1.807) is 6.08 Å². The molecule has 1 aliphatic rings. The minimum absolute atomic E-state index is 0.104. The number of H-pyrrole nitrogens is 1. The first kappa shape index (κ1) is 26.0. The van der Waals surface area contributed by atoms with E-state index in [1.807, 2.05) is 12.1 Å². The zero-order valence-electron chi connectivity index (χ0n) is 18.5. The molecule has 0 radical (unpaired) electrons. The molecule has 180 valence electrons. The second-order valence-electron chi connectivity index (χ2n) is 7.69. The first-order chi connectivity index (χ1) is 15.2. The number of aromatic nitrogens is 1. The molecule has 0 unspecified atom stereocenters. The number of hydrogen-bond donors (Lipinski definition) is 1. The second-order valence-corrected chi connectivity index (χ2v) is 9.23. The number of aliphatic imine (C=N–C) groups is 1. The fourth-order valence-corrected chi connectivity index (χ4v) is 3.73. The van der Waals surface area contributed by atoms with Crippen molar-refractivity contribution in [1.82, 2.24) is 4.98 Å². The van der Waals surface area contributed by atoms with E-state index >= 15 is 0 Å². The molecule has 1 N–H and O–H groups in total. The third-order valence-corrected chi connectivity index (χ3v) is 6.00. The van der Waals surface area contributed by atoms with Crippen molar-refractivity contribution in [3.63, 3.8) is 0 Å². The maximum absolute atomic E-state index is 12.5. The van der Waals surface area contributed by atoms with Crippen molar-refractivity contribution in [2.45, 2.75) is 76.6 Å². The van der Waals surface area contributed by atoms with Gasteiger partial charge in [-0.3, -0.25) is 0 Å². The number of aromatic amines is 1. The monoisotopic (exact) mass is 476 g/mol. The van der Waals surface area contributed by atoms with Crippen LogP contribution in [0.15, 0.2) is 34.7 Å². The molecule has 0 bridgehead atoms. The maximum atomic E-state index is 12.5. The van der Waals surface area contributed by atoms with Crippen molar-refractivity contribution in [3.8, 4) is 0 Å². The Bertz CT molecular complexity index is 931. The fourth-order valence-electron chi connectivity index (χ4n) is 3.32. The Labute approximate surface area is 187 Å². The van der Waals surface area contributed by atoms with Gasteiger partial charge in [0.25, 0.3) is 0 Å². The van der Waals surface area contributed by atoms with E-state index < -0.39 is 21.5 Å². The average Bonchev–Trinajstić information content (AvgIpc) is 3.32. The fraction of sp³-hybridized carbons (Fsp3) is 0.591. The molecular weight excluding hydrogens is 445 g/mol. The van der Waals surface area contributed by atoms with Gasteiger partial charge in [0.1, 0.15) is 11.5 Å². The highest BCUT2D eigenvalue weighted by Crippen LogP contribution is 2.28. The smallest absolute Gasteiger partial charge is 0.494 e. The molecule has 2 rings (SSSR count). The van der Waals surface area contributed by atoms with Crippen LogP contribution in [0, 0.1) is 0 Å². The second kappa shape index (κ2) is 12.1. The number of halogens is 3. The lowest BCUT2D eigenvalue weighted by Crippen LogP contribution is -2.27. The number of hydrogen-bond acceptors (Lipinski definition) is 5. The Kier molecular flexibility index (Phi) is 9.86. The molecule has 1 aliphatic heterocycles. The van der Waals surface area contributed by atoms with E-state index in [2.05, 4.69) is 21.1 Å². The summed E-state index contributed by atoms with van der Waals surface area (Å²) in [5, 5.41) is 0. The van der Waals surface area contributed by atoms with E-state index in [1.165, 1.54) is 58.5 Å². The third kappa shape index (κ3) is 8.03. The molecule has 2 heterocycles. The molecule has 0 saturated heterocycles. The Morgan fingerprint density at radius 3 is 2.25 bits per heavy atom. The summed E-state index contributed by atoms with van der Waals surface area (Å²) in [7, 11) is -4.49. The summed E-state index contributed by atoms with van der Waals surface area (Å²) in [6, 6.07) is 3.77. The molecule has 1 aromatic heterocycles. The van der Waals surface area contributed by atoms with Gasteiger partial charge in [-0.2, -0.15) is 21.6 Å². The molecule has 0 aromatic carbocycles. The lowest BCUT2D eigenvalue weighted by molar-refractivity contribution is -0.0504. The van der Waals surface area contributed by atoms with Gasteiger partial charge in [0.05, 0.1) is 7.11 Å². The summed E-state index contributed by atoms with van der Waals surface area (Å²) in [4.78, 5) is 7.03. The van der Waals surface area contributed by atoms with Crippen LogP contribution in [0.2, 0.25) is 0 Å². The quantitative estimate of drug-likeness (QED) is 0.208. The van der Waals surface area contributed by atoms with Crippen LogP contribution in [0.3, 0.4) is 0 Å². The zero-order chi connectivity index (χ0) is 23.6. The topological polar surface area (TPSA) is 80.8 Å². The summed E-state index contributed by atoms with van der Waals surface area (Å²) >= 11 is 0. The number of ether oxygens (including phenoxy) is 1. The first-order valence-electron chi connectivity index (χ1n) is 10.9. The van der Waals surface area contributed by atoms with Crippen LogP contribution in [0.25, 0.3) is 6.08 Å². The number of rotatable bonds is 13. The number of unbranched alkanes of at least 4 members (excludes halogenated alkanes) is 8. The molecule has 0 fully saturated rings. The van der Waals surface area contributed by atoms with E-state index in [-0.39, 0.29) is 11.5 Å². The summed E-state index contributed by atoms with van der Waals surface area (Å²) in [6.45, 7) is 2.22. The van der Waals surface area contributed by atoms with E-state index in [0.717, 1.165) is 24.6 Å². The van der Waals surface area contributed by atoms with Crippen LogP contribution in [-0.2, 0) is 25.5 Å². The highest BCUT2D eigenvalue weighted by Gasteiger charge is 2.49.